The molecule has 2 amide bonds. The van der Waals surface area contributed by atoms with E-state index >= 15 is 0 Å². The Kier molecular flexibility index (Phi) is 5.02. The first-order chi connectivity index (χ1) is 11.3. The predicted molar refractivity (Wildman–Crippen MR) is 86.0 cm³/mol. The van der Waals surface area contributed by atoms with Gasteiger partial charge in [-0.15, -0.1) is 0 Å². The lowest BCUT2D eigenvalue weighted by Gasteiger charge is -2.33. The number of urea groups is 1. The molecule has 23 heavy (non-hydrogen) atoms. The third-order valence-electron chi connectivity index (χ3n) is 3.81. The molecule has 1 fully saturated rings. The summed E-state index contributed by atoms with van der Waals surface area (Å²) in [5, 5.41) is 5.90. The minimum Gasteiger partial charge on any atom is -0.339 e. The molecule has 1 atom stereocenters. The van der Waals surface area contributed by atoms with Gasteiger partial charge in [0.2, 0.25) is 5.95 Å². The van der Waals surface area contributed by atoms with Gasteiger partial charge in [0, 0.05) is 57.0 Å². The smallest absolute Gasteiger partial charge is 0.315 e. The van der Waals surface area contributed by atoms with Crippen LogP contribution in [0.1, 0.15) is 12.8 Å². The summed E-state index contributed by atoms with van der Waals surface area (Å²) in [7, 11) is 0. The van der Waals surface area contributed by atoms with Gasteiger partial charge in [-0.25, -0.2) is 19.7 Å². The summed E-state index contributed by atoms with van der Waals surface area (Å²) in [5.74, 6) is 0.722. The molecule has 2 N–H and O–H groups in total. The molecule has 2 aromatic heterocycles. The largest absolute Gasteiger partial charge is 0.339 e. The number of carbonyl (C=O) groups excluding carboxylic acids is 1. The Bertz CT molecular complexity index is 602. The highest BCUT2D eigenvalue weighted by Crippen LogP contribution is 2.15. The van der Waals surface area contributed by atoms with Crippen LogP contribution < -0.4 is 15.5 Å². The summed E-state index contributed by atoms with van der Waals surface area (Å²) >= 11 is 0. The van der Waals surface area contributed by atoms with Gasteiger partial charge >= 0.3 is 6.03 Å². The number of hydrogen-bond acceptors (Lipinski definition) is 5. The number of nitrogens with one attached hydrogen (secondary N) is 2. The zero-order valence-electron chi connectivity index (χ0n) is 12.9. The van der Waals surface area contributed by atoms with Gasteiger partial charge in [0.05, 0.1) is 6.33 Å². The van der Waals surface area contributed by atoms with Crippen LogP contribution in [0.2, 0.25) is 0 Å². The van der Waals surface area contributed by atoms with Crippen LogP contribution in [0.5, 0.6) is 0 Å². The topological polar surface area (TPSA) is 88.0 Å². The van der Waals surface area contributed by atoms with Crippen molar-refractivity contribution < 1.29 is 4.79 Å². The molecule has 0 aliphatic carbocycles. The standard InChI is InChI=1S/C15H21N7O/c23-15(19-7-10-21-9-6-16-12-21)20-13-3-1-8-22(11-13)14-17-4-2-5-18-14/h2,4-6,9,12-13H,1,3,7-8,10-11H2,(H2,19,20,23)/t13-/m0/s1. The molecule has 0 aromatic carbocycles. The van der Waals surface area contributed by atoms with E-state index in [1.807, 2.05) is 10.8 Å². The summed E-state index contributed by atoms with van der Waals surface area (Å²) in [6.45, 7) is 2.94. The molecule has 0 unspecified atom stereocenters. The molecule has 122 valence electrons. The first-order valence-electron chi connectivity index (χ1n) is 7.83. The molecular weight excluding hydrogens is 294 g/mol. The Morgan fingerprint density at radius 3 is 2.96 bits per heavy atom. The summed E-state index contributed by atoms with van der Waals surface area (Å²) < 4.78 is 1.93. The van der Waals surface area contributed by atoms with E-state index in [4.69, 9.17) is 0 Å². The number of amides is 2. The first kappa shape index (κ1) is 15.3. The lowest BCUT2D eigenvalue weighted by atomic mass is 10.1. The van der Waals surface area contributed by atoms with Crippen LogP contribution in [-0.4, -0.2) is 51.2 Å². The molecule has 0 saturated carbocycles. The van der Waals surface area contributed by atoms with Gasteiger partial charge in [-0.3, -0.25) is 0 Å². The highest BCUT2D eigenvalue weighted by atomic mass is 16.2. The minimum absolute atomic E-state index is 0.112. The normalized spacial score (nSPS) is 17.7. The van der Waals surface area contributed by atoms with E-state index in [0.717, 1.165) is 31.9 Å². The van der Waals surface area contributed by atoms with E-state index in [0.29, 0.717) is 13.1 Å². The molecule has 3 rings (SSSR count). The number of carbonyl (C=O) groups is 1. The van der Waals surface area contributed by atoms with Crippen molar-refractivity contribution >= 4 is 12.0 Å². The second-order valence-electron chi connectivity index (χ2n) is 5.53. The van der Waals surface area contributed by atoms with Crippen LogP contribution >= 0.6 is 0 Å². The molecular formula is C15H21N7O. The summed E-state index contributed by atoms with van der Waals surface area (Å²) in [4.78, 5) is 26.6. The van der Waals surface area contributed by atoms with Crippen molar-refractivity contribution in [2.75, 3.05) is 24.5 Å². The number of aromatic nitrogens is 4. The van der Waals surface area contributed by atoms with Gasteiger partial charge in [-0.1, -0.05) is 0 Å². The molecule has 0 spiro atoms. The van der Waals surface area contributed by atoms with Gasteiger partial charge in [-0.05, 0) is 18.9 Å². The highest BCUT2D eigenvalue weighted by molar-refractivity contribution is 5.74. The average Bonchev–Trinajstić information content (AvgIpc) is 3.09. The molecule has 1 aliphatic heterocycles. The molecule has 0 bridgehead atoms. The molecule has 3 heterocycles. The predicted octanol–water partition coefficient (Wildman–Crippen LogP) is 0.641. The molecule has 0 radical (unpaired) electrons. The number of imidazole rings is 1. The van der Waals surface area contributed by atoms with Gasteiger partial charge in [-0.2, -0.15) is 0 Å². The van der Waals surface area contributed by atoms with Crippen molar-refractivity contribution in [2.24, 2.45) is 0 Å². The van der Waals surface area contributed by atoms with Crippen LogP contribution in [0.4, 0.5) is 10.7 Å². The Morgan fingerprint density at radius 1 is 1.30 bits per heavy atom. The van der Waals surface area contributed by atoms with E-state index in [9.17, 15) is 4.79 Å². The van der Waals surface area contributed by atoms with Crippen molar-refractivity contribution in [2.45, 2.75) is 25.4 Å². The van der Waals surface area contributed by atoms with Crippen molar-refractivity contribution in [1.29, 1.82) is 0 Å². The lowest BCUT2D eigenvalue weighted by molar-refractivity contribution is 0.234. The van der Waals surface area contributed by atoms with Crippen LogP contribution in [0, 0.1) is 0 Å². The number of rotatable bonds is 5. The number of hydrogen-bond donors (Lipinski definition) is 2. The zero-order chi connectivity index (χ0) is 15.9. The van der Waals surface area contributed by atoms with E-state index in [-0.39, 0.29) is 12.1 Å². The number of piperidine rings is 1. The summed E-state index contributed by atoms with van der Waals surface area (Å²) in [5.41, 5.74) is 0. The van der Waals surface area contributed by atoms with E-state index in [2.05, 4.69) is 30.5 Å². The lowest BCUT2D eigenvalue weighted by Crippen LogP contribution is -2.51. The zero-order valence-corrected chi connectivity index (χ0v) is 12.9. The van der Waals surface area contributed by atoms with Gasteiger partial charge in [0.1, 0.15) is 0 Å². The molecule has 2 aromatic rings. The van der Waals surface area contributed by atoms with Gasteiger partial charge < -0.3 is 20.1 Å². The number of nitrogens with zero attached hydrogens (tertiary/aromatic N) is 5. The fourth-order valence-corrected chi connectivity index (χ4v) is 2.69. The molecule has 1 saturated heterocycles. The van der Waals surface area contributed by atoms with Crippen molar-refractivity contribution in [3.05, 3.63) is 37.2 Å². The third-order valence-corrected chi connectivity index (χ3v) is 3.81. The Morgan fingerprint density at radius 2 is 2.17 bits per heavy atom. The SMILES string of the molecule is O=C(NCCn1ccnc1)N[C@H]1CCCN(c2ncccn2)C1. The fraction of sp³-hybridized carbons (Fsp3) is 0.467. The van der Waals surface area contributed by atoms with Gasteiger partial charge in [0.15, 0.2) is 0 Å². The van der Waals surface area contributed by atoms with E-state index in [1.165, 1.54) is 0 Å². The van der Waals surface area contributed by atoms with E-state index < -0.39 is 0 Å². The second-order valence-corrected chi connectivity index (χ2v) is 5.53. The maximum absolute atomic E-state index is 12.0. The summed E-state index contributed by atoms with van der Waals surface area (Å²) in [6.07, 6.45) is 10.8. The van der Waals surface area contributed by atoms with Crippen LogP contribution in [0.15, 0.2) is 37.2 Å². The monoisotopic (exact) mass is 315 g/mol. The van der Waals surface area contributed by atoms with E-state index in [1.54, 1.807) is 31.0 Å². The minimum atomic E-state index is -0.133. The Labute approximate surface area is 135 Å². The second kappa shape index (κ2) is 7.57. The third kappa shape index (κ3) is 4.41. The maximum Gasteiger partial charge on any atom is 0.315 e. The maximum atomic E-state index is 12.0. The summed E-state index contributed by atoms with van der Waals surface area (Å²) in [6, 6.07) is 1.78. The van der Waals surface area contributed by atoms with Crippen LogP contribution in [0.25, 0.3) is 0 Å². The Hall–Kier alpha value is -2.64. The van der Waals surface area contributed by atoms with Crippen molar-refractivity contribution in [3.8, 4) is 0 Å². The first-order valence-corrected chi connectivity index (χ1v) is 7.83. The van der Waals surface area contributed by atoms with Crippen molar-refractivity contribution in [1.82, 2.24) is 30.2 Å². The Balaban J connectivity index is 1.43. The van der Waals surface area contributed by atoms with Crippen LogP contribution in [0.3, 0.4) is 0 Å². The molecule has 8 heteroatoms. The van der Waals surface area contributed by atoms with Crippen LogP contribution in [-0.2, 0) is 6.54 Å². The number of anilines is 1. The molecule has 8 nitrogen and oxygen atoms in total. The van der Waals surface area contributed by atoms with Crippen molar-refractivity contribution in [3.63, 3.8) is 0 Å². The molecule has 1 aliphatic rings. The average molecular weight is 315 g/mol. The highest BCUT2D eigenvalue weighted by Gasteiger charge is 2.22. The van der Waals surface area contributed by atoms with Gasteiger partial charge in [0.25, 0.3) is 0 Å². The quantitative estimate of drug-likeness (QED) is 0.845. The fourth-order valence-electron chi connectivity index (χ4n) is 2.69.